The highest BCUT2D eigenvalue weighted by molar-refractivity contribution is 6.34. The van der Waals surface area contributed by atoms with E-state index in [0.29, 0.717) is 46.3 Å². The molecule has 0 aliphatic carbocycles. The van der Waals surface area contributed by atoms with Gasteiger partial charge >= 0.3 is 5.69 Å². The molecule has 10 heteroatoms. The average molecular weight is 628 g/mol. The van der Waals surface area contributed by atoms with E-state index < -0.39 is 5.69 Å². The average Bonchev–Trinajstić information content (AvgIpc) is 3.00. The van der Waals surface area contributed by atoms with Gasteiger partial charge < -0.3 is 9.80 Å². The number of anilines is 1. The summed E-state index contributed by atoms with van der Waals surface area (Å²) in [6, 6.07) is 9.70. The third kappa shape index (κ3) is 5.86. The number of aromatic nitrogens is 5. The molecule has 45 heavy (non-hydrogen) atoms. The zero-order chi connectivity index (χ0) is 32.7. The summed E-state index contributed by atoms with van der Waals surface area (Å²) in [5.41, 5.74) is 4.66. The van der Waals surface area contributed by atoms with Crippen LogP contribution in [-0.4, -0.2) is 60.5 Å². The van der Waals surface area contributed by atoms with Gasteiger partial charge in [0.15, 0.2) is 5.65 Å². The second-order valence-electron chi connectivity index (χ2n) is 12.8. The van der Waals surface area contributed by atoms with Crippen LogP contribution in [0.25, 0.3) is 28.0 Å². The predicted octanol–water partition coefficient (Wildman–Crippen LogP) is 6.87. The fourth-order valence-electron chi connectivity index (χ4n) is 6.26. The van der Waals surface area contributed by atoms with Gasteiger partial charge in [-0.1, -0.05) is 84.0 Å². The van der Waals surface area contributed by atoms with E-state index in [4.69, 9.17) is 21.6 Å². The molecule has 2 unspecified atom stereocenters. The number of fused-ring (bicyclic) bond motifs is 1. The Bertz CT molecular complexity index is 1800. The van der Waals surface area contributed by atoms with Crippen LogP contribution >= 0.6 is 11.6 Å². The van der Waals surface area contributed by atoms with Gasteiger partial charge in [-0.2, -0.15) is 4.98 Å². The van der Waals surface area contributed by atoms with Crippen LogP contribution in [0.1, 0.15) is 90.1 Å². The standard InChI is InChI=1S/C35H42ClN7O2/c1-10-28(44)41-16-23(9)42(17-22(41)8)33-26-15-27(36)31(25-14-12-11-13-24(25)19(2)3)39-34(26)43(35(45)40-33)32-29(20(4)5)37-18-38-30(32)21(6)7/h10-15,18-23H,1,16-17H2,2-9H3. The number of carbonyl (C=O) groups excluding carboxylic acids is 1. The van der Waals surface area contributed by atoms with Crippen molar-refractivity contribution in [2.45, 2.75) is 85.2 Å². The maximum atomic E-state index is 14.4. The van der Waals surface area contributed by atoms with E-state index in [0.717, 1.165) is 22.5 Å². The molecule has 4 heterocycles. The van der Waals surface area contributed by atoms with Crippen LogP contribution in [-0.2, 0) is 4.79 Å². The highest BCUT2D eigenvalue weighted by Crippen LogP contribution is 2.38. The van der Waals surface area contributed by atoms with Gasteiger partial charge in [-0.15, -0.1) is 0 Å². The van der Waals surface area contributed by atoms with Crippen molar-refractivity contribution in [3.8, 4) is 16.9 Å². The molecule has 2 atom stereocenters. The number of amides is 1. The fourth-order valence-corrected chi connectivity index (χ4v) is 6.51. The van der Waals surface area contributed by atoms with Gasteiger partial charge in [0.1, 0.15) is 12.1 Å². The predicted molar refractivity (Wildman–Crippen MR) is 182 cm³/mol. The van der Waals surface area contributed by atoms with Crippen molar-refractivity contribution in [3.05, 3.63) is 81.8 Å². The monoisotopic (exact) mass is 627 g/mol. The van der Waals surface area contributed by atoms with E-state index in [1.54, 1.807) is 15.8 Å². The molecular weight excluding hydrogens is 586 g/mol. The Labute approximate surface area is 270 Å². The molecule has 0 N–H and O–H groups in total. The second-order valence-corrected chi connectivity index (χ2v) is 13.2. The van der Waals surface area contributed by atoms with Crippen molar-refractivity contribution in [1.82, 2.24) is 29.4 Å². The Hall–Kier alpha value is -4.11. The summed E-state index contributed by atoms with van der Waals surface area (Å²) in [5, 5.41) is 1.10. The third-order valence-electron chi connectivity index (χ3n) is 8.55. The second kappa shape index (κ2) is 12.7. The SMILES string of the molecule is C=CC(=O)N1CC(C)N(c2nc(=O)n(-c3c(C(C)C)ncnc3C(C)C)c3nc(-c4ccccc4C(C)C)c(Cl)cc23)CC1C. The number of piperazine rings is 1. The van der Waals surface area contributed by atoms with Crippen LogP contribution in [0.5, 0.6) is 0 Å². The molecule has 1 saturated heterocycles. The topological polar surface area (TPSA) is 97.1 Å². The summed E-state index contributed by atoms with van der Waals surface area (Å²) in [6.07, 6.45) is 2.90. The molecule has 0 radical (unpaired) electrons. The molecule has 1 aliphatic heterocycles. The molecule has 1 fully saturated rings. The van der Waals surface area contributed by atoms with Gasteiger partial charge in [-0.25, -0.2) is 24.3 Å². The van der Waals surface area contributed by atoms with Crippen molar-refractivity contribution in [1.29, 1.82) is 0 Å². The molecule has 3 aromatic heterocycles. The first kappa shape index (κ1) is 32.3. The number of rotatable bonds is 7. The van der Waals surface area contributed by atoms with Crippen molar-refractivity contribution in [2.75, 3.05) is 18.0 Å². The van der Waals surface area contributed by atoms with Gasteiger partial charge in [-0.3, -0.25) is 4.79 Å². The minimum atomic E-state index is -0.474. The molecular formula is C35H42ClN7O2. The Morgan fingerprint density at radius 1 is 0.956 bits per heavy atom. The molecule has 236 valence electrons. The number of carbonyl (C=O) groups is 1. The van der Waals surface area contributed by atoms with Crippen LogP contribution in [0.15, 0.2) is 54.1 Å². The highest BCUT2D eigenvalue weighted by atomic mass is 35.5. The Balaban J connectivity index is 1.87. The van der Waals surface area contributed by atoms with E-state index >= 15 is 0 Å². The molecule has 1 aliphatic rings. The minimum absolute atomic E-state index is 0.00640. The molecule has 1 amide bonds. The lowest BCUT2D eigenvalue weighted by Crippen LogP contribution is -2.58. The fraction of sp³-hybridized carbons (Fsp3) is 0.429. The zero-order valence-electron chi connectivity index (χ0n) is 27.4. The van der Waals surface area contributed by atoms with Crippen LogP contribution in [0, 0.1) is 0 Å². The summed E-state index contributed by atoms with van der Waals surface area (Å²) in [7, 11) is 0. The smallest absolute Gasteiger partial charge is 0.349 e. The molecule has 0 bridgehead atoms. The lowest BCUT2D eigenvalue weighted by molar-refractivity contribution is -0.128. The molecule has 0 saturated carbocycles. The van der Waals surface area contributed by atoms with Crippen molar-refractivity contribution in [3.63, 3.8) is 0 Å². The van der Waals surface area contributed by atoms with Gasteiger partial charge in [0.2, 0.25) is 5.91 Å². The van der Waals surface area contributed by atoms with Crippen LogP contribution in [0.4, 0.5) is 5.82 Å². The maximum absolute atomic E-state index is 14.4. The van der Waals surface area contributed by atoms with Crippen LogP contribution < -0.4 is 10.6 Å². The van der Waals surface area contributed by atoms with Crippen molar-refractivity contribution < 1.29 is 4.79 Å². The first-order valence-electron chi connectivity index (χ1n) is 15.6. The molecule has 0 spiro atoms. The highest BCUT2D eigenvalue weighted by Gasteiger charge is 2.34. The molecule has 4 aromatic rings. The summed E-state index contributed by atoms with van der Waals surface area (Å²) < 4.78 is 1.58. The third-order valence-corrected chi connectivity index (χ3v) is 8.84. The molecule has 9 nitrogen and oxygen atoms in total. The van der Waals surface area contributed by atoms with Crippen LogP contribution in [0.2, 0.25) is 5.02 Å². The Morgan fingerprint density at radius 3 is 2.20 bits per heavy atom. The summed E-state index contributed by atoms with van der Waals surface area (Å²) in [6.45, 7) is 21.1. The van der Waals surface area contributed by atoms with Gasteiger partial charge in [0.05, 0.1) is 33.2 Å². The summed E-state index contributed by atoms with van der Waals surface area (Å²) >= 11 is 7.09. The van der Waals surface area contributed by atoms with E-state index in [1.165, 1.54) is 6.08 Å². The van der Waals surface area contributed by atoms with Gasteiger partial charge in [0, 0.05) is 30.7 Å². The molecule has 1 aromatic carbocycles. The maximum Gasteiger partial charge on any atom is 0.355 e. The lowest BCUT2D eigenvalue weighted by atomic mass is 9.95. The summed E-state index contributed by atoms with van der Waals surface area (Å²) in [4.78, 5) is 50.1. The van der Waals surface area contributed by atoms with E-state index in [2.05, 4.69) is 41.4 Å². The Morgan fingerprint density at radius 2 is 1.60 bits per heavy atom. The van der Waals surface area contributed by atoms with E-state index in [9.17, 15) is 9.59 Å². The minimum Gasteiger partial charge on any atom is -0.349 e. The van der Waals surface area contributed by atoms with Crippen LogP contribution in [0.3, 0.4) is 0 Å². The van der Waals surface area contributed by atoms with Gasteiger partial charge in [0.25, 0.3) is 0 Å². The number of hydrogen-bond donors (Lipinski definition) is 0. The van der Waals surface area contributed by atoms with Crippen molar-refractivity contribution in [2.24, 2.45) is 0 Å². The van der Waals surface area contributed by atoms with Crippen molar-refractivity contribution >= 4 is 34.4 Å². The van der Waals surface area contributed by atoms with Gasteiger partial charge in [-0.05, 0) is 49.3 Å². The first-order valence-corrected chi connectivity index (χ1v) is 16.0. The lowest BCUT2D eigenvalue weighted by Gasteiger charge is -2.44. The Kier molecular flexibility index (Phi) is 9.12. The number of nitrogens with zero attached hydrogens (tertiary/aromatic N) is 7. The normalized spacial score (nSPS) is 17.2. The zero-order valence-corrected chi connectivity index (χ0v) is 28.1. The van der Waals surface area contributed by atoms with E-state index in [-0.39, 0.29) is 35.7 Å². The van der Waals surface area contributed by atoms with E-state index in [1.807, 2.05) is 65.8 Å². The molecule has 5 rings (SSSR count). The number of benzene rings is 1. The first-order chi connectivity index (χ1) is 21.3. The number of halogens is 1. The number of pyridine rings is 1. The quantitative estimate of drug-likeness (QED) is 0.206. The number of hydrogen-bond acceptors (Lipinski definition) is 7. The summed E-state index contributed by atoms with van der Waals surface area (Å²) in [5.74, 6) is 0.610. The largest absolute Gasteiger partial charge is 0.355 e.